The molecule has 0 aliphatic rings. The molecule has 2 heterocycles. The first-order valence-electron chi connectivity index (χ1n) is 6.27. The number of carbonyl (C=O) groups is 1. The maximum Gasteiger partial charge on any atom is 0.337 e. The van der Waals surface area contributed by atoms with Gasteiger partial charge < -0.3 is 15.7 Å². The molecule has 0 aliphatic carbocycles. The summed E-state index contributed by atoms with van der Waals surface area (Å²) in [6.45, 7) is 4.80. The van der Waals surface area contributed by atoms with Crippen LogP contribution in [0.5, 0.6) is 0 Å². The molecule has 2 aromatic heterocycles. The largest absolute Gasteiger partial charge is 0.478 e. The van der Waals surface area contributed by atoms with Crippen molar-refractivity contribution in [3.05, 3.63) is 40.2 Å². The monoisotopic (exact) mass is 291 g/mol. The van der Waals surface area contributed by atoms with E-state index in [1.165, 1.54) is 17.1 Å². The van der Waals surface area contributed by atoms with Crippen LogP contribution in [0.25, 0.3) is 0 Å². The number of carboxylic acids is 1. The van der Waals surface area contributed by atoms with Crippen molar-refractivity contribution in [3.8, 4) is 0 Å². The van der Waals surface area contributed by atoms with E-state index < -0.39 is 5.97 Å². The van der Waals surface area contributed by atoms with Crippen molar-refractivity contribution < 1.29 is 9.90 Å². The minimum atomic E-state index is -1.04. The van der Waals surface area contributed by atoms with Crippen molar-refractivity contribution in [1.29, 1.82) is 0 Å². The van der Waals surface area contributed by atoms with Crippen LogP contribution in [-0.4, -0.2) is 22.1 Å². The molecule has 2 aromatic rings. The van der Waals surface area contributed by atoms with Crippen LogP contribution in [0.2, 0.25) is 0 Å². The summed E-state index contributed by atoms with van der Waals surface area (Å²) in [7, 11) is 0. The third kappa shape index (κ3) is 3.08. The third-order valence-corrected chi connectivity index (χ3v) is 3.84. The van der Waals surface area contributed by atoms with Gasteiger partial charge in [0.15, 0.2) is 0 Å². The Bertz CT molecular complexity index is 596. The zero-order valence-electron chi connectivity index (χ0n) is 11.4. The second-order valence-electron chi connectivity index (χ2n) is 4.74. The molecule has 6 heteroatoms. The van der Waals surface area contributed by atoms with Crippen molar-refractivity contribution in [2.45, 2.75) is 26.4 Å². The smallest absolute Gasteiger partial charge is 0.337 e. The van der Waals surface area contributed by atoms with E-state index in [2.05, 4.69) is 16.0 Å². The lowest BCUT2D eigenvalue weighted by Gasteiger charge is -2.27. The highest BCUT2D eigenvalue weighted by Gasteiger charge is 2.17. The number of hydrogen-bond acceptors (Lipinski definition) is 5. The van der Waals surface area contributed by atoms with Gasteiger partial charge in [-0.3, -0.25) is 0 Å². The Morgan fingerprint density at radius 1 is 1.55 bits per heavy atom. The molecule has 0 bridgehead atoms. The quantitative estimate of drug-likeness (QED) is 0.885. The normalized spacial score (nSPS) is 10.8. The molecule has 0 atom stereocenters. The van der Waals surface area contributed by atoms with Crippen LogP contribution in [0.4, 0.5) is 11.5 Å². The van der Waals surface area contributed by atoms with Crippen LogP contribution in [0, 0.1) is 0 Å². The van der Waals surface area contributed by atoms with E-state index in [0.29, 0.717) is 12.4 Å². The number of aromatic carboxylic acids is 1. The molecule has 0 unspecified atom stereocenters. The van der Waals surface area contributed by atoms with E-state index in [1.54, 1.807) is 11.3 Å². The summed E-state index contributed by atoms with van der Waals surface area (Å²) in [5.74, 6) is -0.411. The molecule has 0 aliphatic heterocycles. The summed E-state index contributed by atoms with van der Waals surface area (Å²) in [6, 6.07) is 5.79. The number of carboxylic acid groups (broad SMARTS) is 1. The molecule has 0 radical (unpaired) electrons. The van der Waals surface area contributed by atoms with Gasteiger partial charge in [0.05, 0.1) is 24.0 Å². The van der Waals surface area contributed by atoms with Crippen molar-refractivity contribution >= 4 is 28.8 Å². The molecular weight excluding hydrogens is 274 g/mol. The van der Waals surface area contributed by atoms with E-state index in [-0.39, 0.29) is 17.3 Å². The number of anilines is 2. The van der Waals surface area contributed by atoms with E-state index in [4.69, 9.17) is 10.8 Å². The zero-order chi connectivity index (χ0) is 14.7. The zero-order valence-corrected chi connectivity index (χ0v) is 12.2. The molecule has 106 valence electrons. The standard InChI is InChI=1S/C14H17N3O2S/c1-9(2)17(8-10-4-3-5-20-10)13-6-11(14(18)19)12(15)7-16-13/h3-7,9H,8,15H2,1-2H3,(H,18,19). The van der Waals surface area contributed by atoms with E-state index >= 15 is 0 Å². The first kappa shape index (κ1) is 14.3. The molecule has 0 aromatic carbocycles. The number of aromatic nitrogens is 1. The Morgan fingerprint density at radius 3 is 2.85 bits per heavy atom. The molecule has 0 amide bonds. The number of nitrogen functional groups attached to an aromatic ring is 1. The molecule has 0 saturated carbocycles. The van der Waals surface area contributed by atoms with E-state index in [9.17, 15) is 4.79 Å². The first-order chi connectivity index (χ1) is 9.49. The van der Waals surface area contributed by atoms with Gasteiger partial charge in [0.2, 0.25) is 0 Å². The minimum Gasteiger partial charge on any atom is -0.478 e. The first-order valence-corrected chi connectivity index (χ1v) is 7.15. The van der Waals surface area contributed by atoms with Crippen molar-refractivity contribution in [3.63, 3.8) is 0 Å². The SMILES string of the molecule is CC(C)N(Cc1cccs1)c1cc(C(=O)O)c(N)cn1. The van der Waals surface area contributed by atoms with Crippen LogP contribution in [0.1, 0.15) is 29.1 Å². The maximum atomic E-state index is 11.2. The van der Waals surface area contributed by atoms with Crippen LogP contribution < -0.4 is 10.6 Å². The second-order valence-corrected chi connectivity index (χ2v) is 5.77. The van der Waals surface area contributed by atoms with Crippen molar-refractivity contribution in [2.24, 2.45) is 0 Å². The van der Waals surface area contributed by atoms with Gasteiger partial charge >= 0.3 is 5.97 Å². The molecular formula is C14H17N3O2S. The lowest BCUT2D eigenvalue weighted by molar-refractivity contribution is 0.0698. The summed E-state index contributed by atoms with van der Waals surface area (Å²) >= 11 is 1.67. The molecule has 5 nitrogen and oxygen atoms in total. The highest BCUT2D eigenvalue weighted by molar-refractivity contribution is 7.09. The molecule has 20 heavy (non-hydrogen) atoms. The van der Waals surface area contributed by atoms with E-state index in [1.807, 2.05) is 25.3 Å². The molecule has 0 saturated heterocycles. The van der Waals surface area contributed by atoms with Gasteiger partial charge in [-0.15, -0.1) is 11.3 Å². The fourth-order valence-corrected chi connectivity index (χ4v) is 2.60. The Balaban J connectivity index is 2.34. The highest BCUT2D eigenvalue weighted by atomic mass is 32.1. The fourth-order valence-electron chi connectivity index (χ4n) is 1.90. The Kier molecular flexibility index (Phi) is 4.24. The predicted octanol–water partition coefficient (Wildman–Crippen LogP) is 2.84. The lowest BCUT2D eigenvalue weighted by Crippen LogP contribution is -2.30. The number of rotatable bonds is 5. The average Bonchev–Trinajstić information content (AvgIpc) is 2.89. The molecule has 0 fully saturated rings. The number of thiophene rings is 1. The van der Waals surface area contributed by atoms with Gasteiger partial charge in [-0.2, -0.15) is 0 Å². The van der Waals surface area contributed by atoms with Crippen LogP contribution in [-0.2, 0) is 6.54 Å². The Hall–Kier alpha value is -2.08. The van der Waals surface area contributed by atoms with Gasteiger partial charge in [-0.1, -0.05) is 6.07 Å². The number of nitrogens with zero attached hydrogens (tertiary/aromatic N) is 2. The topological polar surface area (TPSA) is 79.5 Å². The molecule has 3 N–H and O–H groups in total. The minimum absolute atomic E-state index is 0.0897. The predicted molar refractivity (Wildman–Crippen MR) is 81.2 cm³/mol. The number of pyridine rings is 1. The highest BCUT2D eigenvalue weighted by Crippen LogP contribution is 2.23. The number of nitrogens with two attached hydrogens (primary N) is 1. The maximum absolute atomic E-state index is 11.2. The average molecular weight is 291 g/mol. The molecule has 0 spiro atoms. The summed E-state index contributed by atoms with van der Waals surface area (Å²) in [6.07, 6.45) is 1.41. The van der Waals surface area contributed by atoms with Crippen LogP contribution >= 0.6 is 11.3 Å². The summed E-state index contributed by atoms with van der Waals surface area (Å²) in [4.78, 5) is 18.7. The summed E-state index contributed by atoms with van der Waals surface area (Å²) in [5.41, 5.74) is 5.91. The summed E-state index contributed by atoms with van der Waals surface area (Å²) < 4.78 is 0. The Morgan fingerprint density at radius 2 is 2.30 bits per heavy atom. The van der Waals surface area contributed by atoms with Crippen LogP contribution in [0.15, 0.2) is 29.8 Å². The number of hydrogen-bond donors (Lipinski definition) is 2. The van der Waals surface area contributed by atoms with Gasteiger partial charge in [0, 0.05) is 10.9 Å². The Labute approximate surface area is 121 Å². The van der Waals surface area contributed by atoms with E-state index in [0.717, 1.165) is 0 Å². The van der Waals surface area contributed by atoms with Gasteiger partial charge in [-0.05, 0) is 31.4 Å². The van der Waals surface area contributed by atoms with Crippen molar-refractivity contribution in [1.82, 2.24) is 4.98 Å². The lowest BCUT2D eigenvalue weighted by atomic mass is 10.2. The third-order valence-electron chi connectivity index (χ3n) is 2.97. The van der Waals surface area contributed by atoms with Gasteiger partial charge in [0.25, 0.3) is 0 Å². The molecule has 2 rings (SSSR count). The fraction of sp³-hybridized carbons (Fsp3) is 0.286. The summed E-state index contributed by atoms with van der Waals surface area (Å²) in [5, 5.41) is 11.2. The van der Waals surface area contributed by atoms with Gasteiger partial charge in [0.1, 0.15) is 5.82 Å². The second kappa shape index (κ2) is 5.92. The van der Waals surface area contributed by atoms with Crippen molar-refractivity contribution in [2.75, 3.05) is 10.6 Å². The van der Waals surface area contributed by atoms with Gasteiger partial charge in [-0.25, -0.2) is 9.78 Å². The van der Waals surface area contributed by atoms with Crippen LogP contribution in [0.3, 0.4) is 0 Å².